The number of alkyl halides is 7. The minimum absolute atomic E-state index is 0.0859. The molecule has 0 N–H and O–H groups in total. The molecule has 114 valence electrons. The molecule has 0 aliphatic rings. The number of halogens is 7. The highest BCUT2D eigenvalue weighted by Crippen LogP contribution is 2.43. The van der Waals surface area contributed by atoms with E-state index in [1.807, 2.05) is 0 Å². The molecule has 0 aromatic carbocycles. The van der Waals surface area contributed by atoms with Crippen molar-refractivity contribution in [2.45, 2.75) is 44.0 Å². The first kappa shape index (κ1) is 18.5. The molecule has 0 radical (unpaired) electrons. The molecule has 0 aromatic heterocycles. The van der Waals surface area contributed by atoms with Crippen LogP contribution in [0.2, 0.25) is 0 Å². The van der Waals surface area contributed by atoms with Gasteiger partial charge in [-0.1, -0.05) is 18.7 Å². The molecule has 9 heteroatoms. The van der Waals surface area contributed by atoms with Crippen molar-refractivity contribution in [1.29, 1.82) is 0 Å². The van der Waals surface area contributed by atoms with Crippen LogP contribution in [-0.4, -0.2) is 41.7 Å². The highest BCUT2D eigenvalue weighted by atomic mass is 32.2. The Labute approximate surface area is 109 Å². The average Bonchev–Trinajstić information content (AvgIpc) is 2.36. The molecule has 2 unspecified atom stereocenters. The van der Waals surface area contributed by atoms with Crippen molar-refractivity contribution in [2.24, 2.45) is 0 Å². The number of rotatable bonds is 8. The number of hydrogen-bond donors (Lipinski definition) is 0. The minimum atomic E-state index is -5.43. The molecule has 0 heterocycles. The lowest BCUT2D eigenvalue weighted by molar-refractivity contribution is -0.265. The van der Waals surface area contributed by atoms with E-state index in [4.69, 9.17) is 0 Å². The van der Waals surface area contributed by atoms with Crippen LogP contribution in [0, 0.1) is 0 Å². The maximum atomic E-state index is 13.1. The Bertz CT molecular complexity index is 298. The molecule has 1 nitrogen and oxygen atoms in total. The van der Waals surface area contributed by atoms with Crippen molar-refractivity contribution < 1.29 is 35.5 Å². The van der Waals surface area contributed by atoms with Gasteiger partial charge in [-0.2, -0.15) is 17.6 Å². The summed E-state index contributed by atoms with van der Waals surface area (Å²) in [7, 11) is 0. The molecule has 19 heavy (non-hydrogen) atoms. The van der Waals surface area contributed by atoms with Crippen molar-refractivity contribution in [3.05, 3.63) is 0 Å². The second kappa shape index (κ2) is 7.35. The fourth-order valence-corrected chi connectivity index (χ4v) is 1.83. The monoisotopic (exact) mass is 314 g/mol. The van der Waals surface area contributed by atoms with Crippen LogP contribution in [0.15, 0.2) is 0 Å². The first-order valence-corrected chi connectivity index (χ1v) is 6.35. The third kappa shape index (κ3) is 4.54. The second-order valence-electron chi connectivity index (χ2n) is 3.70. The van der Waals surface area contributed by atoms with Gasteiger partial charge in [0, 0.05) is 12.2 Å². The molecule has 0 aromatic rings. The lowest BCUT2D eigenvalue weighted by atomic mass is 10.0. The van der Waals surface area contributed by atoms with Crippen molar-refractivity contribution >= 4 is 16.9 Å². The maximum Gasteiger partial charge on any atom is 0.346 e. The number of thioether (sulfide) groups is 1. The topological polar surface area (TPSA) is 17.1 Å². The minimum Gasteiger partial charge on any atom is -0.287 e. The van der Waals surface area contributed by atoms with E-state index in [9.17, 15) is 35.5 Å². The van der Waals surface area contributed by atoms with E-state index in [2.05, 4.69) is 0 Å². The first-order valence-electron chi connectivity index (χ1n) is 5.36. The van der Waals surface area contributed by atoms with E-state index in [1.54, 1.807) is 0 Å². The van der Waals surface area contributed by atoms with Crippen molar-refractivity contribution in [1.82, 2.24) is 0 Å². The zero-order valence-electron chi connectivity index (χ0n) is 9.95. The summed E-state index contributed by atoms with van der Waals surface area (Å²) in [5.41, 5.74) is 0. The van der Waals surface area contributed by atoms with Crippen molar-refractivity contribution in [3.8, 4) is 0 Å². The first-order chi connectivity index (χ1) is 8.61. The number of carbonyl (C=O) groups excluding carboxylic acids is 1. The largest absolute Gasteiger partial charge is 0.346 e. The van der Waals surface area contributed by atoms with E-state index in [0.717, 1.165) is 0 Å². The molecule has 0 aliphatic heterocycles. The molecule has 0 bridgehead atoms. The Hall–Kier alpha value is -0.470. The normalized spacial score (nSPS) is 16.2. The molecule has 0 fully saturated rings. The van der Waals surface area contributed by atoms with E-state index >= 15 is 0 Å². The van der Waals surface area contributed by atoms with Crippen LogP contribution in [0.3, 0.4) is 0 Å². The zero-order valence-corrected chi connectivity index (χ0v) is 10.8. The van der Waals surface area contributed by atoms with Gasteiger partial charge >= 0.3 is 11.8 Å². The van der Waals surface area contributed by atoms with E-state index in [1.165, 1.54) is 6.92 Å². The van der Waals surface area contributed by atoms with E-state index in [-0.39, 0.29) is 6.42 Å². The maximum absolute atomic E-state index is 13.1. The Morgan fingerprint density at radius 1 is 1.11 bits per heavy atom. The summed E-state index contributed by atoms with van der Waals surface area (Å²) >= 11 is 0.521. The summed E-state index contributed by atoms with van der Waals surface area (Å²) in [6.45, 7) is -0.849. The summed E-state index contributed by atoms with van der Waals surface area (Å²) in [6, 6.07) is 0. The predicted molar refractivity (Wildman–Crippen MR) is 58.0 cm³/mol. The smallest absolute Gasteiger partial charge is 0.287 e. The highest BCUT2D eigenvalue weighted by Gasteiger charge is 2.66. The van der Waals surface area contributed by atoms with Crippen LogP contribution in [0.1, 0.15) is 19.8 Å². The Morgan fingerprint density at radius 2 is 1.58 bits per heavy atom. The predicted octanol–water partition coefficient (Wildman–Crippen LogP) is 3.96. The summed E-state index contributed by atoms with van der Waals surface area (Å²) in [4.78, 5) is 10.8. The molecular formula is C10H13F7OS. The summed E-state index contributed by atoms with van der Waals surface area (Å²) in [6.07, 6.45) is -8.10. The van der Waals surface area contributed by atoms with Gasteiger partial charge in [0.1, 0.15) is 6.67 Å². The van der Waals surface area contributed by atoms with Gasteiger partial charge < -0.3 is 0 Å². The van der Waals surface area contributed by atoms with Crippen LogP contribution in [-0.2, 0) is 4.79 Å². The Balaban J connectivity index is 4.58. The van der Waals surface area contributed by atoms with E-state index in [0.29, 0.717) is 11.8 Å². The summed E-state index contributed by atoms with van der Waals surface area (Å²) in [5, 5.41) is -0.408. The van der Waals surface area contributed by atoms with Crippen molar-refractivity contribution in [3.63, 3.8) is 0 Å². The quantitative estimate of drug-likeness (QED) is 0.631. The van der Waals surface area contributed by atoms with Crippen molar-refractivity contribution in [2.75, 3.05) is 12.4 Å². The van der Waals surface area contributed by atoms with Crippen LogP contribution in [0.25, 0.3) is 0 Å². The average molecular weight is 314 g/mol. The van der Waals surface area contributed by atoms with Gasteiger partial charge in [-0.05, 0) is 6.42 Å². The molecule has 0 saturated carbocycles. The Morgan fingerprint density at radius 3 is 2.00 bits per heavy atom. The van der Waals surface area contributed by atoms with Gasteiger partial charge in [-0.25, -0.2) is 13.2 Å². The SMILES string of the molecule is CCC(=O)SCCC(F)C(F)(F)C(F)(F)C(F)CF. The Kier molecular flexibility index (Phi) is 7.17. The lowest BCUT2D eigenvalue weighted by Crippen LogP contribution is -2.54. The standard InChI is InChI=1S/C10H13F7OS/c1-2-8(18)19-4-3-6(12)9(14,15)10(16,17)7(13)5-11/h6-7H,2-5H2,1H3. The molecule has 0 rings (SSSR count). The van der Waals surface area contributed by atoms with Crippen LogP contribution < -0.4 is 0 Å². The van der Waals surface area contributed by atoms with Crippen LogP contribution in [0.5, 0.6) is 0 Å². The molecule has 0 amide bonds. The second-order valence-corrected chi connectivity index (χ2v) is 4.85. The zero-order chi connectivity index (χ0) is 15.3. The van der Waals surface area contributed by atoms with Gasteiger partial charge in [0.25, 0.3) is 0 Å². The van der Waals surface area contributed by atoms with Gasteiger partial charge in [-0.15, -0.1) is 0 Å². The molecule has 2 atom stereocenters. The summed E-state index contributed by atoms with van der Waals surface area (Å²) in [5.74, 6) is -11.2. The third-order valence-corrected chi connectivity index (χ3v) is 3.34. The molecule has 0 aliphatic carbocycles. The number of carbonyl (C=O) groups is 1. The van der Waals surface area contributed by atoms with Crippen LogP contribution in [0.4, 0.5) is 30.7 Å². The van der Waals surface area contributed by atoms with Gasteiger partial charge in [-0.3, -0.25) is 4.79 Å². The number of hydrogen-bond acceptors (Lipinski definition) is 2. The van der Waals surface area contributed by atoms with Crippen LogP contribution >= 0.6 is 11.8 Å². The third-order valence-electron chi connectivity index (χ3n) is 2.29. The van der Waals surface area contributed by atoms with Gasteiger partial charge in [0.2, 0.25) is 0 Å². The van der Waals surface area contributed by atoms with E-state index < -0.39 is 48.2 Å². The highest BCUT2D eigenvalue weighted by molar-refractivity contribution is 8.13. The summed E-state index contributed by atoms with van der Waals surface area (Å²) < 4.78 is 88.9. The molecular weight excluding hydrogens is 301 g/mol. The lowest BCUT2D eigenvalue weighted by Gasteiger charge is -2.30. The molecule has 0 spiro atoms. The van der Waals surface area contributed by atoms with Gasteiger partial charge in [0.15, 0.2) is 17.5 Å². The fourth-order valence-electron chi connectivity index (χ4n) is 1.07. The fraction of sp³-hybridized carbons (Fsp3) is 0.900. The molecule has 0 saturated heterocycles. The van der Waals surface area contributed by atoms with Gasteiger partial charge in [0.05, 0.1) is 0 Å².